The lowest BCUT2D eigenvalue weighted by molar-refractivity contribution is -0.136. The molecule has 4 aliphatic rings. The van der Waals surface area contributed by atoms with Crippen molar-refractivity contribution in [2.75, 3.05) is 39.9 Å². The van der Waals surface area contributed by atoms with E-state index in [9.17, 15) is 14.4 Å². The van der Waals surface area contributed by atoms with Gasteiger partial charge >= 0.3 is 6.09 Å². The third-order valence-electron chi connectivity index (χ3n) is 8.78. The minimum atomic E-state index is -0.443. The van der Waals surface area contributed by atoms with Crippen LogP contribution in [-0.4, -0.2) is 97.0 Å². The van der Waals surface area contributed by atoms with E-state index in [1.165, 1.54) is 5.57 Å². The maximum atomic E-state index is 13.2. The fourth-order valence-electron chi connectivity index (χ4n) is 6.17. The first-order chi connectivity index (χ1) is 17.8. The zero-order valence-corrected chi connectivity index (χ0v) is 24.2. The van der Waals surface area contributed by atoms with Crippen LogP contribution in [0.1, 0.15) is 73.6 Å². The summed E-state index contributed by atoms with van der Waals surface area (Å²) in [5, 5.41) is 0. The number of amides is 2. The molecule has 9 heteroatoms. The van der Waals surface area contributed by atoms with Gasteiger partial charge in [-0.15, -0.1) is 0 Å². The molecule has 0 unspecified atom stereocenters. The molecule has 1 aliphatic carbocycles. The first-order valence-corrected chi connectivity index (χ1v) is 14.1. The second-order valence-corrected chi connectivity index (χ2v) is 12.8. The number of methoxy groups -OCH3 is 1. The van der Waals surface area contributed by atoms with Crippen molar-refractivity contribution in [1.82, 2.24) is 9.80 Å². The SMILES string of the molecule is CO[C@@H]1[C@H](OC(=O)N2CCN(C(=O)CCC(=O)C(C)(C)C)CC2)CC[C@]2(CO2)[C@H]1[C@]1(C)O[C@@H]1CC=C(C)C. The number of rotatable bonds is 8. The average molecular weight is 535 g/mol. The summed E-state index contributed by atoms with van der Waals surface area (Å²) in [6.07, 6.45) is 4.00. The number of ketones is 1. The van der Waals surface area contributed by atoms with E-state index in [0.29, 0.717) is 39.2 Å². The van der Waals surface area contributed by atoms with Gasteiger partial charge in [0.25, 0.3) is 0 Å². The summed E-state index contributed by atoms with van der Waals surface area (Å²) in [7, 11) is 1.67. The standard InChI is InChI=1S/C29H46N2O7/c1-19(2)8-10-22-28(6,38-22)25-24(35-7)20(12-13-29(25)18-36-29)37-26(34)31-16-14-30(15-17-31)23(33)11-9-21(32)27(3,4)5/h8,20,22,24-25H,9-18H2,1-7H3/t20-,22-,24-,25-,28-,29+/m1/s1. The van der Waals surface area contributed by atoms with Crippen molar-refractivity contribution in [3.63, 3.8) is 0 Å². The number of Topliss-reactive ketones (excluding diaryl/α,β-unsaturated/α-hetero) is 1. The van der Waals surface area contributed by atoms with Crippen LogP contribution in [0.4, 0.5) is 4.79 Å². The average Bonchev–Trinajstić information content (AvgIpc) is 3.78. The Morgan fingerprint density at radius 1 is 1.05 bits per heavy atom. The van der Waals surface area contributed by atoms with Crippen LogP contribution in [0, 0.1) is 11.3 Å². The number of hydrogen-bond acceptors (Lipinski definition) is 7. The normalized spacial score (nSPS) is 34.6. The Labute approximate surface area is 227 Å². The number of piperazine rings is 1. The topological polar surface area (TPSA) is 101 Å². The van der Waals surface area contributed by atoms with Crippen LogP contribution < -0.4 is 0 Å². The third-order valence-corrected chi connectivity index (χ3v) is 8.78. The molecule has 0 N–H and O–H groups in total. The summed E-state index contributed by atoms with van der Waals surface area (Å²) in [5.41, 5.74) is 0.175. The Balaban J connectivity index is 1.31. The molecule has 9 nitrogen and oxygen atoms in total. The molecule has 0 bridgehead atoms. The number of nitrogens with zero attached hydrogens (tertiary/aromatic N) is 2. The van der Waals surface area contributed by atoms with Crippen LogP contribution in [0.2, 0.25) is 0 Å². The Morgan fingerprint density at radius 3 is 2.24 bits per heavy atom. The van der Waals surface area contributed by atoms with Gasteiger partial charge in [0.05, 0.1) is 18.6 Å². The highest BCUT2D eigenvalue weighted by Crippen LogP contribution is 2.59. The van der Waals surface area contributed by atoms with Crippen LogP contribution in [0.25, 0.3) is 0 Å². The van der Waals surface area contributed by atoms with E-state index in [2.05, 4.69) is 26.8 Å². The van der Waals surface area contributed by atoms with Gasteiger partial charge in [0.15, 0.2) is 0 Å². The first kappa shape index (κ1) is 29.0. The predicted octanol–water partition coefficient (Wildman–Crippen LogP) is 3.74. The smallest absolute Gasteiger partial charge is 0.410 e. The quantitative estimate of drug-likeness (QED) is 0.345. The van der Waals surface area contributed by atoms with Crippen molar-refractivity contribution < 1.29 is 33.3 Å². The van der Waals surface area contributed by atoms with Crippen LogP contribution in [0.15, 0.2) is 11.6 Å². The van der Waals surface area contributed by atoms with E-state index in [1.54, 1.807) is 16.9 Å². The molecule has 6 atom stereocenters. The number of hydrogen-bond donors (Lipinski definition) is 0. The zero-order valence-electron chi connectivity index (χ0n) is 24.2. The second-order valence-electron chi connectivity index (χ2n) is 12.8. The van der Waals surface area contributed by atoms with E-state index in [1.807, 2.05) is 20.8 Å². The molecular formula is C29H46N2O7. The molecule has 4 fully saturated rings. The summed E-state index contributed by atoms with van der Waals surface area (Å²) in [6.45, 7) is 14.3. The van der Waals surface area contributed by atoms with Crippen LogP contribution >= 0.6 is 0 Å². The molecule has 1 spiro atoms. The molecule has 1 saturated carbocycles. The predicted molar refractivity (Wildman–Crippen MR) is 142 cm³/mol. The number of carbonyl (C=O) groups excluding carboxylic acids is 3. The maximum absolute atomic E-state index is 13.2. The van der Waals surface area contributed by atoms with Crippen molar-refractivity contribution in [2.24, 2.45) is 11.3 Å². The summed E-state index contributed by atoms with van der Waals surface area (Å²) >= 11 is 0. The molecule has 3 aliphatic heterocycles. The lowest BCUT2D eigenvalue weighted by atomic mass is 9.68. The zero-order chi connectivity index (χ0) is 27.9. The van der Waals surface area contributed by atoms with Gasteiger partial charge < -0.3 is 28.7 Å². The number of epoxide rings is 2. The van der Waals surface area contributed by atoms with Crippen LogP contribution in [0.5, 0.6) is 0 Å². The molecular weight excluding hydrogens is 488 g/mol. The van der Waals surface area contributed by atoms with Crippen molar-refractivity contribution >= 4 is 17.8 Å². The maximum Gasteiger partial charge on any atom is 0.410 e. The number of carbonyl (C=O) groups is 3. The first-order valence-electron chi connectivity index (χ1n) is 14.1. The molecule has 0 aromatic rings. The highest BCUT2D eigenvalue weighted by molar-refractivity contribution is 5.88. The lowest BCUT2D eigenvalue weighted by Crippen LogP contribution is -2.57. The Bertz CT molecular complexity index is 941. The fourth-order valence-corrected chi connectivity index (χ4v) is 6.17. The van der Waals surface area contributed by atoms with Gasteiger partial charge in [0.2, 0.25) is 5.91 Å². The van der Waals surface area contributed by atoms with Crippen molar-refractivity contribution in [1.29, 1.82) is 0 Å². The monoisotopic (exact) mass is 534 g/mol. The van der Waals surface area contributed by atoms with Gasteiger partial charge in [0.1, 0.15) is 29.2 Å². The summed E-state index contributed by atoms with van der Waals surface area (Å²) in [4.78, 5) is 41.3. The largest absolute Gasteiger partial charge is 0.443 e. The van der Waals surface area contributed by atoms with Crippen LogP contribution in [-0.2, 0) is 28.5 Å². The summed E-state index contributed by atoms with van der Waals surface area (Å²) in [6, 6.07) is 0. The van der Waals surface area contributed by atoms with Crippen molar-refractivity contribution in [3.8, 4) is 0 Å². The summed E-state index contributed by atoms with van der Waals surface area (Å²) < 4.78 is 24.3. The molecule has 2 amide bonds. The lowest BCUT2D eigenvalue weighted by Gasteiger charge is -2.43. The van der Waals surface area contributed by atoms with Gasteiger partial charge in [-0.05, 0) is 40.0 Å². The Hall–Kier alpha value is -1.97. The van der Waals surface area contributed by atoms with E-state index in [0.717, 1.165) is 12.8 Å². The minimum absolute atomic E-state index is 0.0209. The van der Waals surface area contributed by atoms with Gasteiger partial charge in [-0.2, -0.15) is 0 Å². The molecule has 38 heavy (non-hydrogen) atoms. The molecule has 4 rings (SSSR count). The van der Waals surface area contributed by atoms with Crippen molar-refractivity contribution in [2.45, 2.75) is 103 Å². The molecule has 0 aromatic carbocycles. The van der Waals surface area contributed by atoms with E-state index < -0.39 is 5.41 Å². The van der Waals surface area contributed by atoms with E-state index >= 15 is 0 Å². The van der Waals surface area contributed by atoms with Crippen molar-refractivity contribution in [3.05, 3.63) is 11.6 Å². The Morgan fingerprint density at radius 2 is 1.68 bits per heavy atom. The van der Waals surface area contributed by atoms with Gasteiger partial charge in [-0.25, -0.2) is 4.79 Å². The third kappa shape index (κ3) is 6.10. The van der Waals surface area contributed by atoms with Gasteiger partial charge in [0, 0.05) is 51.5 Å². The molecule has 0 radical (unpaired) electrons. The van der Waals surface area contributed by atoms with Gasteiger partial charge in [-0.1, -0.05) is 32.4 Å². The molecule has 3 saturated heterocycles. The second kappa shape index (κ2) is 10.9. The number of ether oxygens (including phenoxy) is 4. The van der Waals surface area contributed by atoms with E-state index in [4.69, 9.17) is 18.9 Å². The summed E-state index contributed by atoms with van der Waals surface area (Å²) in [5.74, 6) is 0.0197. The Kier molecular flexibility index (Phi) is 8.32. The number of allylic oxidation sites excluding steroid dienone is 1. The van der Waals surface area contributed by atoms with Gasteiger partial charge in [-0.3, -0.25) is 9.59 Å². The minimum Gasteiger partial charge on any atom is -0.443 e. The van der Waals surface area contributed by atoms with E-state index in [-0.39, 0.29) is 66.1 Å². The fraction of sp³-hybridized carbons (Fsp3) is 0.828. The molecule has 0 aromatic heterocycles. The molecule has 214 valence electrons. The highest BCUT2D eigenvalue weighted by atomic mass is 16.6. The molecule has 3 heterocycles. The van der Waals surface area contributed by atoms with Crippen LogP contribution in [0.3, 0.4) is 0 Å². The highest BCUT2D eigenvalue weighted by Gasteiger charge is 2.72.